The van der Waals surface area contributed by atoms with Crippen LogP contribution in [0.15, 0.2) is 22.5 Å². The van der Waals surface area contributed by atoms with Crippen molar-refractivity contribution in [2.24, 2.45) is 4.99 Å². The van der Waals surface area contributed by atoms with Crippen LogP contribution < -0.4 is 10.6 Å². The number of rotatable bonds is 6. The number of nitrogens with one attached hydrogen (secondary N) is 2. The number of aliphatic imine (C=N–C) groups is 1. The molecule has 0 bridgehead atoms. The Morgan fingerprint density at radius 2 is 2.30 bits per heavy atom. The lowest BCUT2D eigenvalue weighted by Crippen LogP contribution is -2.38. The van der Waals surface area contributed by atoms with Gasteiger partial charge in [-0.25, -0.2) is 4.99 Å². The van der Waals surface area contributed by atoms with E-state index in [-0.39, 0.29) is 0 Å². The van der Waals surface area contributed by atoms with Crippen molar-refractivity contribution < 1.29 is 0 Å². The number of thiophene rings is 1. The summed E-state index contributed by atoms with van der Waals surface area (Å²) < 4.78 is 2.22. The monoisotopic (exact) mass is 332 g/mol. The standard InChI is InChI=1S/C16H24N6S/c1-2-17-16(18-9-8-13-6-5-11-23-13)19-12-15-21-20-14-7-3-4-10-22(14)15/h5-6,11H,2-4,7-10,12H2,1H3,(H2,17,18,19). The van der Waals surface area contributed by atoms with Gasteiger partial charge in [-0.2, -0.15) is 0 Å². The molecule has 6 nitrogen and oxygen atoms in total. The van der Waals surface area contributed by atoms with Crippen LogP contribution in [0.3, 0.4) is 0 Å². The third-order valence-corrected chi connectivity index (χ3v) is 4.84. The summed E-state index contributed by atoms with van der Waals surface area (Å²) >= 11 is 1.79. The molecule has 2 N–H and O–H groups in total. The number of fused-ring (bicyclic) bond motifs is 1. The summed E-state index contributed by atoms with van der Waals surface area (Å²) in [6.45, 7) is 5.40. The zero-order chi connectivity index (χ0) is 15.9. The largest absolute Gasteiger partial charge is 0.357 e. The van der Waals surface area contributed by atoms with Crippen LogP contribution in [0.4, 0.5) is 0 Å². The first-order valence-electron chi connectivity index (χ1n) is 8.32. The molecule has 0 radical (unpaired) electrons. The Bertz CT molecular complexity index is 631. The Hall–Kier alpha value is -1.89. The Kier molecular flexibility index (Phi) is 5.63. The summed E-state index contributed by atoms with van der Waals surface area (Å²) in [5, 5.41) is 17.4. The quantitative estimate of drug-likeness (QED) is 0.627. The highest BCUT2D eigenvalue weighted by atomic mass is 32.1. The van der Waals surface area contributed by atoms with Crippen LogP contribution >= 0.6 is 11.3 Å². The first-order chi connectivity index (χ1) is 11.4. The van der Waals surface area contributed by atoms with E-state index in [0.717, 1.165) is 50.1 Å². The van der Waals surface area contributed by atoms with Gasteiger partial charge in [-0.05, 0) is 37.6 Å². The van der Waals surface area contributed by atoms with E-state index in [4.69, 9.17) is 0 Å². The molecule has 7 heteroatoms. The number of nitrogens with zero attached hydrogens (tertiary/aromatic N) is 4. The number of aromatic nitrogens is 3. The van der Waals surface area contributed by atoms with Gasteiger partial charge in [0.25, 0.3) is 0 Å². The summed E-state index contributed by atoms with van der Waals surface area (Å²) in [5.41, 5.74) is 0. The van der Waals surface area contributed by atoms with Crippen LogP contribution in [0.1, 0.15) is 36.3 Å². The van der Waals surface area contributed by atoms with E-state index in [1.54, 1.807) is 11.3 Å². The summed E-state index contributed by atoms with van der Waals surface area (Å²) in [6, 6.07) is 4.26. The summed E-state index contributed by atoms with van der Waals surface area (Å²) in [7, 11) is 0. The second-order valence-electron chi connectivity index (χ2n) is 5.59. The van der Waals surface area contributed by atoms with Crippen molar-refractivity contribution in [1.29, 1.82) is 0 Å². The summed E-state index contributed by atoms with van der Waals surface area (Å²) in [6.07, 6.45) is 4.48. The van der Waals surface area contributed by atoms with E-state index in [1.807, 2.05) is 0 Å². The highest BCUT2D eigenvalue weighted by Gasteiger charge is 2.15. The van der Waals surface area contributed by atoms with E-state index in [1.165, 1.54) is 17.7 Å². The molecule has 0 aromatic carbocycles. The summed E-state index contributed by atoms with van der Waals surface area (Å²) in [5.74, 6) is 2.92. The maximum absolute atomic E-state index is 4.66. The Morgan fingerprint density at radius 3 is 3.13 bits per heavy atom. The van der Waals surface area contributed by atoms with Gasteiger partial charge in [-0.3, -0.25) is 0 Å². The SMILES string of the molecule is CCNC(=NCc1nnc2n1CCCC2)NCCc1cccs1. The topological polar surface area (TPSA) is 67.1 Å². The van der Waals surface area contributed by atoms with Gasteiger partial charge >= 0.3 is 0 Å². The first-order valence-corrected chi connectivity index (χ1v) is 9.20. The number of hydrogen-bond donors (Lipinski definition) is 2. The van der Waals surface area contributed by atoms with Gasteiger partial charge < -0.3 is 15.2 Å². The van der Waals surface area contributed by atoms with Crippen LogP contribution in [0, 0.1) is 0 Å². The fourth-order valence-corrected chi connectivity index (χ4v) is 3.44. The molecular formula is C16H24N6S. The zero-order valence-electron chi connectivity index (χ0n) is 13.6. The van der Waals surface area contributed by atoms with E-state index >= 15 is 0 Å². The van der Waals surface area contributed by atoms with Crippen molar-refractivity contribution in [3.05, 3.63) is 34.0 Å². The van der Waals surface area contributed by atoms with Gasteiger partial charge in [0.05, 0.1) is 0 Å². The predicted octanol–water partition coefficient (Wildman–Crippen LogP) is 1.97. The van der Waals surface area contributed by atoms with Crippen LogP contribution in [-0.4, -0.2) is 33.8 Å². The maximum Gasteiger partial charge on any atom is 0.191 e. The Balaban J connectivity index is 1.56. The molecule has 2 aromatic rings. The third kappa shape index (κ3) is 4.31. The molecule has 3 heterocycles. The number of guanidine groups is 1. The molecule has 0 saturated heterocycles. The van der Waals surface area contributed by atoms with E-state index in [9.17, 15) is 0 Å². The van der Waals surface area contributed by atoms with Crippen LogP contribution in [0.25, 0.3) is 0 Å². The second kappa shape index (κ2) is 8.10. The molecule has 1 aliphatic rings. The van der Waals surface area contributed by atoms with E-state index < -0.39 is 0 Å². The van der Waals surface area contributed by atoms with Gasteiger partial charge in [0.15, 0.2) is 11.8 Å². The molecular weight excluding hydrogens is 308 g/mol. The van der Waals surface area contributed by atoms with Gasteiger partial charge in [0, 0.05) is 30.9 Å². The minimum Gasteiger partial charge on any atom is -0.357 e. The van der Waals surface area contributed by atoms with Crippen molar-refractivity contribution in [3.63, 3.8) is 0 Å². The van der Waals surface area contributed by atoms with E-state index in [2.05, 4.69) is 54.8 Å². The van der Waals surface area contributed by atoms with Gasteiger partial charge in [0.1, 0.15) is 12.4 Å². The molecule has 3 rings (SSSR count). The molecule has 1 aliphatic heterocycles. The van der Waals surface area contributed by atoms with Gasteiger partial charge in [-0.15, -0.1) is 21.5 Å². The molecule has 0 unspecified atom stereocenters. The average molecular weight is 332 g/mol. The first kappa shape index (κ1) is 16.0. The minimum atomic E-state index is 0.571. The molecule has 124 valence electrons. The van der Waals surface area contributed by atoms with Crippen molar-refractivity contribution in [2.75, 3.05) is 13.1 Å². The van der Waals surface area contributed by atoms with Crippen molar-refractivity contribution in [1.82, 2.24) is 25.4 Å². The van der Waals surface area contributed by atoms with Crippen LogP contribution in [0.5, 0.6) is 0 Å². The van der Waals surface area contributed by atoms with Crippen molar-refractivity contribution >= 4 is 17.3 Å². The van der Waals surface area contributed by atoms with Crippen molar-refractivity contribution in [2.45, 2.75) is 45.7 Å². The smallest absolute Gasteiger partial charge is 0.191 e. The Labute approximate surface area is 141 Å². The minimum absolute atomic E-state index is 0.571. The molecule has 23 heavy (non-hydrogen) atoms. The van der Waals surface area contributed by atoms with Crippen LogP contribution in [0.2, 0.25) is 0 Å². The highest BCUT2D eigenvalue weighted by molar-refractivity contribution is 7.09. The summed E-state index contributed by atoms with van der Waals surface area (Å²) in [4.78, 5) is 6.05. The molecule has 0 amide bonds. The molecule has 0 spiro atoms. The zero-order valence-corrected chi connectivity index (χ0v) is 14.4. The Morgan fingerprint density at radius 1 is 1.35 bits per heavy atom. The number of hydrogen-bond acceptors (Lipinski definition) is 4. The molecule has 0 fully saturated rings. The molecule has 0 atom stereocenters. The van der Waals surface area contributed by atoms with Crippen molar-refractivity contribution in [3.8, 4) is 0 Å². The van der Waals surface area contributed by atoms with E-state index in [0.29, 0.717) is 6.54 Å². The lowest BCUT2D eigenvalue weighted by atomic mass is 10.2. The normalized spacial score (nSPS) is 14.6. The second-order valence-corrected chi connectivity index (χ2v) is 6.62. The van der Waals surface area contributed by atoms with Gasteiger partial charge in [0.2, 0.25) is 0 Å². The lowest BCUT2D eigenvalue weighted by molar-refractivity contribution is 0.508. The number of aryl methyl sites for hydroxylation is 1. The predicted molar refractivity (Wildman–Crippen MR) is 93.8 cm³/mol. The fraction of sp³-hybridized carbons (Fsp3) is 0.562. The highest BCUT2D eigenvalue weighted by Crippen LogP contribution is 2.14. The average Bonchev–Trinajstić information content (AvgIpc) is 3.22. The van der Waals surface area contributed by atoms with Crippen LogP contribution in [-0.2, 0) is 25.9 Å². The molecule has 0 saturated carbocycles. The third-order valence-electron chi connectivity index (χ3n) is 3.90. The molecule has 0 aliphatic carbocycles. The molecule has 2 aromatic heterocycles. The van der Waals surface area contributed by atoms with Gasteiger partial charge in [-0.1, -0.05) is 6.07 Å². The maximum atomic E-state index is 4.66. The lowest BCUT2D eigenvalue weighted by Gasteiger charge is -2.14. The fourth-order valence-electron chi connectivity index (χ4n) is 2.74.